The quantitative estimate of drug-likeness (QED) is 0.530. The number of hydrogen-bond donors (Lipinski definition) is 0. The average Bonchev–Trinajstić information content (AvgIpc) is 2.67. The minimum absolute atomic E-state index is 0.570. The van der Waals surface area contributed by atoms with Crippen molar-refractivity contribution < 1.29 is 13.2 Å². The van der Waals surface area contributed by atoms with E-state index >= 15 is 0 Å². The lowest BCUT2D eigenvalue weighted by Gasteiger charge is -2.22. The minimum Gasteiger partial charge on any atom is -0.336 e. The number of halogens is 3. The third-order valence-corrected chi connectivity index (χ3v) is 4.38. The predicted octanol–water partition coefficient (Wildman–Crippen LogP) is 5.89. The topological polar surface area (TPSA) is 29.0 Å². The molecule has 0 aliphatic rings. The normalized spacial score (nSPS) is 11.5. The molecule has 1 aromatic heterocycles. The summed E-state index contributed by atoms with van der Waals surface area (Å²) < 4.78 is 38.3. The molecule has 6 heteroatoms. The first-order valence-electron chi connectivity index (χ1n) is 9.18. The van der Waals surface area contributed by atoms with E-state index < -0.39 is 11.7 Å². The molecule has 0 saturated carbocycles. The number of hydrogen-bond acceptors (Lipinski definition) is 3. The molecule has 0 amide bonds. The molecule has 0 bridgehead atoms. The zero-order valence-electron chi connectivity index (χ0n) is 15.9. The summed E-state index contributed by atoms with van der Waals surface area (Å²) in [4.78, 5) is 11.1. The van der Waals surface area contributed by atoms with Crippen molar-refractivity contribution in [1.29, 1.82) is 0 Å². The molecule has 0 aliphatic carbocycles. The summed E-state index contributed by atoms with van der Waals surface area (Å²) in [5.41, 5.74) is 2.91. The Balaban J connectivity index is 1.87. The molecular formula is C22H22F3N3. The molecule has 2 aromatic carbocycles. The van der Waals surface area contributed by atoms with E-state index in [-0.39, 0.29) is 0 Å². The van der Waals surface area contributed by atoms with Crippen molar-refractivity contribution in [2.45, 2.75) is 33.0 Å². The van der Waals surface area contributed by atoms with Gasteiger partial charge in [0.15, 0.2) is 0 Å². The van der Waals surface area contributed by atoms with Crippen molar-refractivity contribution in [3.63, 3.8) is 0 Å². The van der Waals surface area contributed by atoms with Gasteiger partial charge in [-0.2, -0.15) is 13.2 Å². The Hall–Kier alpha value is -2.89. The van der Waals surface area contributed by atoms with Crippen LogP contribution in [-0.2, 0) is 12.7 Å². The first kappa shape index (κ1) is 19.9. The first-order chi connectivity index (χ1) is 13.4. The fraction of sp³-hybridized carbons (Fsp3) is 0.273. The van der Waals surface area contributed by atoms with Gasteiger partial charge in [-0.1, -0.05) is 48.9 Å². The lowest BCUT2D eigenvalue weighted by molar-refractivity contribution is -0.137. The van der Waals surface area contributed by atoms with Crippen LogP contribution >= 0.6 is 0 Å². The van der Waals surface area contributed by atoms with Gasteiger partial charge in [-0.15, -0.1) is 0 Å². The van der Waals surface area contributed by atoms with Crippen molar-refractivity contribution in [1.82, 2.24) is 9.97 Å². The van der Waals surface area contributed by atoms with Gasteiger partial charge in [0.1, 0.15) is 0 Å². The molecule has 0 spiro atoms. The summed E-state index contributed by atoms with van der Waals surface area (Å²) in [6.07, 6.45) is -1.77. The van der Waals surface area contributed by atoms with E-state index in [2.05, 4.69) is 46.9 Å². The highest BCUT2D eigenvalue weighted by Crippen LogP contribution is 2.30. The van der Waals surface area contributed by atoms with Crippen LogP contribution in [0.5, 0.6) is 0 Å². The molecule has 0 aliphatic heterocycles. The van der Waals surface area contributed by atoms with Gasteiger partial charge in [-0.25, -0.2) is 9.97 Å². The Morgan fingerprint density at radius 2 is 1.75 bits per heavy atom. The van der Waals surface area contributed by atoms with Gasteiger partial charge >= 0.3 is 6.18 Å². The van der Waals surface area contributed by atoms with E-state index in [1.165, 1.54) is 17.7 Å². The standard InChI is InChI=1S/C22H22F3N3/c1-3-13-28(15-17-6-4-5-16(2)14-17)21-26-12-11-20(27-21)18-7-9-19(10-8-18)22(23,24)25/h4-12,14H,3,13,15H2,1-2H3. The molecule has 0 saturated heterocycles. The summed E-state index contributed by atoms with van der Waals surface area (Å²) >= 11 is 0. The monoisotopic (exact) mass is 385 g/mol. The van der Waals surface area contributed by atoms with Gasteiger partial charge < -0.3 is 4.90 Å². The van der Waals surface area contributed by atoms with E-state index in [0.29, 0.717) is 23.8 Å². The van der Waals surface area contributed by atoms with Gasteiger partial charge in [-0.3, -0.25) is 0 Å². The number of nitrogens with zero attached hydrogens (tertiary/aromatic N) is 3. The van der Waals surface area contributed by atoms with Crippen LogP contribution in [0.1, 0.15) is 30.0 Å². The number of anilines is 1. The molecule has 0 unspecified atom stereocenters. The molecule has 3 aromatic rings. The highest BCUT2D eigenvalue weighted by molar-refractivity contribution is 5.60. The maximum absolute atomic E-state index is 12.8. The summed E-state index contributed by atoms with van der Waals surface area (Å²) in [6.45, 7) is 5.59. The summed E-state index contributed by atoms with van der Waals surface area (Å²) in [5, 5.41) is 0. The Labute approximate surface area is 162 Å². The number of rotatable bonds is 6. The molecule has 0 atom stereocenters. The van der Waals surface area contributed by atoms with Gasteiger partial charge in [0.2, 0.25) is 5.95 Å². The van der Waals surface area contributed by atoms with Gasteiger partial charge in [0.05, 0.1) is 11.3 Å². The smallest absolute Gasteiger partial charge is 0.336 e. The third kappa shape index (κ3) is 4.88. The second kappa shape index (κ2) is 8.42. The van der Waals surface area contributed by atoms with Crippen LogP contribution in [0.4, 0.5) is 19.1 Å². The van der Waals surface area contributed by atoms with Crippen LogP contribution in [0.15, 0.2) is 60.8 Å². The average molecular weight is 385 g/mol. The van der Waals surface area contributed by atoms with Crippen LogP contribution in [-0.4, -0.2) is 16.5 Å². The molecule has 3 rings (SSSR count). The van der Waals surface area contributed by atoms with Crippen LogP contribution < -0.4 is 4.90 Å². The Kier molecular flexibility index (Phi) is 5.97. The lowest BCUT2D eigenvalue weighted by atomic mass is 10.1. The molecule has 28 heavy (non-hydrogen) atoms. The molecule has 146 valence electrons. The second-order valence-electron chi connectivity index (χ2n) is 6.73. The molecule has 3 nitrogen and oxygen atoms in total. The second-order valence-corrected chi connectivity index (χ2v) is 6.73. The molecule has 0 N–H and O–H groups in total. The summed E-state index contributed by atoms with van der Waals surface area (Å²) in [7, 11) is 0. The molecule has 0 radical (unpaired) electrons. The fourth-order valence-electron chi connectivity index (χ4n) is 3.04. The highest BCUT2D eigenvalue weighted by Gasteiger charge is 2.30. The van der Waals surface area contributed by atoms with Gasteiger partial charge in [0, 0.05) is 24.8 Å². The number of aryl methyl sites for hydroxylation is 1. The van der Waals surface area contributed by atoms with Crippen molar-refractivity contribution in [3.05, 3.63) is 77.5 Å². The van der Waals surface area contributed by atoms with E-state index in [0.717, 1.165) is 30.7 Å². The van der Waals surface area contributed by atoms with Crippen LogP contribution in [0.25, 0.3) is 11.3 Å². The first-order valence-corrected chi connectivity index (χ1v) is 9.18. The number of benzene rings is 2. The third-order valence-electron chi connectivity index (χ3n) is 4.38. The molecular weight excluding hydrogens is 363 g/mol. The van der Waals surface area contributed by atoms with E-state index in [4.69, 9.17) is 0 Å². The van der Waals surface area contributed by atoms with Crippen LogP contribution in [0.2, 0.25) is 0 Å². The summed E-state index contributed by atoms with van der Waals surface area (Å²) in [6, 6.07) is 15.0. The molecule has 1 heterocycles. The predicted molar refractivity (Wildman–Crippen MR) is 105 cm³/mol. The Morgan fingerprint density at radius 1 is 1.00 bits per heavy atom. The van der Waals surface area contributed by atoms with Gasteiger partial charge in [-0.05, 0) is 37.1 Å². The Morgan fingerprint density at radius 3 is 2.39 bits per heavy atom. The zero-order chi connectivity index (χ0) is 20.1. The van der Waals surface area contributed by atoms with E-state index in [9.17, 15) is 13.2 Å². The largest absolute Gasteiger partial charge is 0.416 e. The van der Waals surface area contributed by atoms with E-state index in [1.807, 2.05) is 6.07 Å². The zero-order valence-corrected chi connectivity index (χ0v) is 15.9. The number of aromatic nitrogens is 2. The van der Waals surface area contributed by atoms with Crippen molar-refractivity contribution in [2.24, 2.45) is 0 Å². The van der Waals surface area contributed by atoms with Crippen molar-refractivity contribution in [3.8, 4) is 11.3 Å². The number of alkyl halides is 3. The minimum atomic E-state index is -4.35. The van der Waals surface area contributed by atoms with Crippen molar-refractivity contribution in [2.75, 3.05) is 11.4 Å². The SMILES string of the molecule is CCCN(Cc1cccc(C)c1)c1nccc(-c2ccc(C(F)(F)F)cc2)n1. The maximum atomic E-state index is 12.8. The Bertz CT molecular complexity index is 921. The van der Waals surface area contributed by atoms with Gasteiger partial charge in [0.25, 0.3) is 0 Å². The highest BCUT2D eigenvalue weighted by atomic mass is 19.4. The molecule has 0 fully saturated rings. The fourth-order valence-corrected chi connectivity index (χ4v) is 3.04. The van der Waals surface area contributed by atoms with E-state index in [1.54, 1.807) is 12.3 Å². The lowest BCUT2D eigenvalue weighted by Crippen LogP contribution is -2.25. The van der Waals surface area contributed by atoms with Crippen molar-refractivity contribution >= 4 is 5.95 Å². The maximum Gasteiger partial charge on any atom is 0.416 e. The summed E-state index contributed by atoms with van der Waals surface area (Å²) in [5.74, 6) is 0.570. The van der Waals surface area contributed by atoms with Crippen LogP contribution in [0.3, 0.4) is 0 Å². The van der Waals surface area contributed by atoms with Crippen LogP contribution in [0, 0.1) is 6.92 Å².